The lowest BCUT2D eigenvalue weighted by molar-refractivity contribution is 0.251. The molecule has 0 aliphatic rings. The first-order valence-corrected chi connectivity index (χ1v) is 7.92. The van der Waals surface area contributed by atoms with E-state index in [0.717, 1.165) is 11.6 Å². The van der Waals surface area contributed by atoms with Crippen molar-refractivity contribution in [3.8, 4) is 22.9 Å². The Kier molecular flexibility index (Phi) is 5.28. The number of hydrogen-bond acceptors (Lipinski definition) is 5. The number of aliphatic hydroxyl groups is 1. The molecule has 0 aliphatic heterocycles. The molecule has 0 amide bonds. The van der Waals surface area contributed by atoms with E-state index in [1.54, 1.807) is 29.1 Å². The number of aromatic nitrogens is 3. The highest BCUT2D eigenvalue weighted by Gasteiger charge is 2.10. The third kappa shape index (κ3) is 4.33. The second kappa shape index (κ2) is 7.60. The van der Waals surface area contributed by atoms with E-state index in [4.69, 9.17) is 27.2 Å². The molecular weight excluding hydrogens is 347 g/mol. The maximum Gasteiger partial charge on any atom is 0.255 e. The molecule has 0 saturated carbocycles. The van der Waals surface area contributed by atoms with Crippen LogP contribution in [0.15, 0.2) is 48.8 Å². The minimum Gasteiger partial charge on any atom is -0.436 e. The van der Waals surface area contributed by atoms with Gasteiger partial charge in [-0.05, 0) is 24.3 Å². The first-order chi connectivity index (χ1) is 12.0. The molecule has 0 fully saturated rings. The van der Waals surface area contributed by atoms with Crippen molar-refractivity contribution in [3.05, 3.63) is 59.6 Å². The second-order valence-electron chi connectivity index (χ2n) is 5.44. The average Bonchev–Trinajstić information content (AvgIpc) is 3.06. The van der Waals surface area contributed by atoms with Crippen molar-refractivity contribution in [3.63, 3.8) is 0 Å². The molecule has 2 aromatic heterocycles. The van der Waals surface area contributed by atoms with Crippen LogP contribution in [0.4, 0.5) is 4.39 Å². The normalized spacial score (nSPS) is 12.2. The van der Waals surface area contributed by atoms with Crippen LogP contribution in [0, 0.1) is 5.82 Å². The van der Waals surface area contributed by atoms with E-state index >= 15 is 0 Å². The zero-order chi connectivity index (χ0) is 17.8. The van der Waals surface area contributed by atoms with E-state index in [2.05, 4.69) is 10.1 Å². The minimum atomic E-state index is -0.639. The number of hydrogen-bond donors (Lipinski definition) is 2. The van der Waals surface area contributed by atoms with E-state index in [-0.39, 0.29) is 23.6 Å². The van der Waals surface area contributed by atoms with Crippen molar-refractivity contribution in [1.82, 2.24) is 14.8 Å². The average molecular weight is 363 g/mol. The van der Waals surface area contributed by atoms with Gasteiger partial charge in [-0.2, -0.15) is 5.10 Å². The lowest BCUT2D eigenvalue weighted by Crippen LogP contribution is -2.30. The summed E-state index contributed by atoms with van der Waals surface area (Å²) in [4.78, 5) is 3.84. The molecule has 3 N–H and O–H groups in total. The van der Waals surface area contributed by atoms with Gasteiger partial charge in [-0.15, -0.1) is 0 Å². The SMILES string of the molecule is NC(CO)Cn1ccc(-c2cccc(Oc3ncc(Cl)cc3F)c2)n1. The molecular formula is C17H16ClFN4O2. The lowest BCUT2D eigenvalue weighted by Gasteiger charge is -2.08. The number of halogens is 2. The zero-order valence-corrected chi connectivity index (χ0v) is 13.9. The van der Waals surface area contributed by atoms with Crippen LogP contribution in [-0.4, -0.2) is 32.5 Å². The summed E-state index contributed by atoms with van der Waals surface area (Å²) < 4.78 is 20.9. The van der Waals surface area contributed by atoms with E-state index in [1.807, 2.05) is 12.1 Å². The smallest absolute Gasteiger partial charge is 0.255 e. The summed E-state index contributed by atoms with van der Waals surface area (Å²) in [5.74, 6) is -0.367. The Labute approximate surface area is 148 Å². The summed E-state index contributed by atoms with van der Waals surface area (Å²) in [6, 6.07) is 9.64. The van der Waals surface area contributed by atoms with Gasteiger partial charge in [-0.25, -0.2) is 9.37 Å². The fourth-order valence-electron chi connectivity index (χ4n) is 2.22. The monoisotopic (exact) mass is 362 g/mol. The van der Waals surface area contributed by atoms with Crippen molar-refractivity contribution in [1.29, 1.82) is 0 Å². The van der Waals surface area contributed by atoms with Gasteiger partial charge in [0.25, 0.3) is 5.88 Å². The summed E-state index contributed by atoms with van der Waals surface area (Å²) >= 11 is 5.68. The van der Waals surface area contributed by atoms with Crippen molar-refractivity contribution >= 4 is 11.6 Å². The summed E-state index contributed by atoms with van der Waals surface area (Å²) in [5, 5.41) is 13.6. The Morgan fingerprint density at radius 3 is 2.92 bits per heavy atom. The van der Waals surface area contributed by atoms with Crippen LogP contribution in [0.1, 0.15) is 0 Å². The fraction of sp³-hybridized carbons (Fsp3) is 0.176. The second-order valence-corrected chi connectivity index (χ2v) is 5.87. The summed E-state index contributed by atoms with van der Waals surface area (Å²) in [5.41, 5.74) is 7.21. The van der Waals surface area contributed by atoms with Crippen LogP contribution in [0.5, 0.6) is 11.6 Å². The lowest BCUT2D eigenvalue weighted by atomic mass is 10.1. The van der Waals surface area contributed by atoms with Crippen LogP contribution in [0.2, 0.25) is 5.02 Å². The Balaban J connectivity index is 1.79. The largest absolute Gasteiger partial charge is 0.436 e. The highest BCUT2D eigenvalue weighted by molar-refractivity contribution is 6.30. The van der Waals surface area contributed by atoms with Crippen LogP contribution in [0.25, 0.3) is 11.3 Å². The number of benzene rings is 1. The molecule has 130 valence electrons. The molecule has 3 rings (SSSR count). The molecule has 2 heterocycles. The van der Waals surface area contributed by atoms with Crippen LogP contribution < -0.4 is 10.5 Å². The van der Waals surface area contributed by atoms with Crippen LogP contribution in [-0.2, 0) is 6.54 Å². The maximum absolute atomic E-state index is 13.8. The van der Waals surface area contributed by atoms with E-state index in [0.29, 0.717) is 18.0 Å². The van der Waals surface area contributed by atoms with Gasteiger partial charge in [-0.3, -0.25) is 4.68 Å². The number of nitrogens with zero attached hydrogens (tertiary/aromatic N) is 3. The molecule has 3 aromatic rings. The van der Waals surface area contributed by atoms with E-state index in [1.165, 1.54) is 6.20 Å². The standard InChI is InChI=1S/C17H16ClFN4O2/c18-12-7-15(19)17(21-8-12)25-14-3-1-2-11(6-14)16-4-5-23(22-16)9-13(20)10-24/h1-8,13,24H,9-10,20H2. The zero-order valence-electron chi connectivity index (χ0n) is 13.1. The minimum absolute atomic E-state index is 0.113. The van der Waals surface area contributed by atoms with Gasteiger partial charge in [0.15, 0.2) is 5.82 Å². The quantitative estimate of drug-likeness (QED) is 0.704. The van der Waals surface area contributed by atoms with Gasteiger partial charge < -0.3 is 15.6 Å². The maximum atomic E-state index is 13.8. The molecule has 0 aliphatic carbocycles. The highest BCUT2D eigenvalue weighted by atomic mass is 35.5. The van der Waals surface area contributed by atoms with Gasteiger partial charge in [0.05, 0.1) is 23.9 Å². The number of nitrogens with two attached hydrogens (primary N) is 1. The summed E-state index contributed by atoms with van der Waals surface area (Å²) in [6.45, 7) is 0.296. The molecule has 25 heavy (non-hydrogen) atoms. The number of ether oxygens (including phenoxy) is 1. The summed E-state index contributed by atoms with van der Waals surface area (Å²) in [6.07, 6.45) is 3.09. The van der Waals surface area contributed by atoms with Crippen molar-refractivity contribution in [2.45, 2.75) is 12.6 Å². The molecule has 0 bridgehead atoms. The molecule has 0 saturated heterocycles. The van der Waals surface area contributed by atoms with Gasteiger partial charge in [0, 0.05) is 24.0 Å². The number of rotatable bonds is 6. The predicted molar refractivity (Wildman–Crippen MR) is 92.0 cm³/mol. The van der Waals surface area contributed by atoms with Gasteiger partial charge in [-0.1, -0.05) is 23.7 Å². The van der Waals surface area contributed by atoms with E-state index < -0.39 is 5.82 Å². The third-order valence-electron chi connectivity index (χ3n) is 3.42. The van der Waals surface area contributed by atoms with E-state index in [9.17, 15) is 4.39 Å². The number of aliphatic hydroxyl groups excluding tert-OH is 1. The topological polar surface area (TPSA) is 86.2 Å². The highest BCUT2D eigenvalue weighted by Crippen LogP contribution is 2.27. The first-order valence-electron chi connectivity index (χ1n) is 7.54. The molecule has 8 heteroatoms. The van der Waals surface area contributed by atoms with Crippen LogP contribution in [0.3, 0.4) is 0 Å². The van der Waals surface area contributed by atoms with Crippen molar-refractivity contribution in [2.24, 2.45) is 5.73 Å². The molecule has 6 nitrogen and oxygen atoms in total. The Hall–Kier alpha value is -2.48. The summed E-state index contributed by atoms with van der Waals surface area (Å²) in [7, 11) is 0. The Morgan fingerprint density at radius 2 is 2.16 bits per heavy atom. The van der Waals surface area contributed by atoms with Gasteiger partial charge in [0.2, 0.25) is 0 Å². The van der Waals surface area contributed by atoms with Crippen LogP contribution >= 0.6 is 11.6 Å². The molecule has 1 atom stereocenters. The third-order valence-corrected chi connectivity index (χ3v) is 3.62. The molecule has 1 unspecified atom stereocenters. The first kappa shape index (κ1) is 17.3. The molecule has 0 radical (unpaired) electrons. The van der Waals surface area contributed by atoms with Crippen molar-refractivity contribution < 1.29 is 14.2 Å². The van der Waals surface area contributed by atoms with Crippen molar-refractivity contribution in [2.75, 3.05) is 6.61 Å². The molecule has 0 spiro atoms. The molecule has 1 aromatic carbocycles. The number of pyridine rings is 1. The predicted octanol–water partition coefficient (Wildman–Crippen LogP) is 2.85. The Bertz CT molecular complexity index is 871. The Morgan fingerprint density at radius 1 is 1.32 bits per heavy atom. The van der Waals surface area contributed by atoms with Gasteiger partial charge >= 0.3 is 0 Å². The fourth-order valence-corrected chi connectivity index (χ4v) is 2.37. The van der Waals surface area contributed by atoms with Gasteiger partial charge in [0.1, 0.15) is 5.75 Å².